The molecule has 0 spiro atoms. The van der Waals surface area contributed by atoms with Crippen molar-refractivity contribution in [1.29, 1.82) is 0 Å². The van der Waals surface area contributed by atoms with E-state index in [1.165, 1.54) is 12.0 Å². The zero-order chi connectivity index (χ0) is 18.2. The van der Waals surface area contributed by atoms with Gasteiger partial charge in [0.05, 0.1) is 18.9 Å². The lowest BCUT2D eigenvalue weighted by Gasteiger charge is -2.21. The number of aromatic nitrogens is 3. The van der Waals surface area contributed by atoms with Crippen molar-refractivity contribution >= 4 is 5.96 Å². The number of aryl methyl sites for hydroxylation is 1. The van der Waals surface area contributed by atoms with Crippen molar-refractivity contribution in [2.24, 2.45) is 18.0 Å². The summed E-state index contributed by atoms with van der Waals surface area (Å²) in [7, 11) is 1.97. The van der Waals surface area contributed by atoms with Crippen molar-refractivity contribution in [3.05, 3.63) is 42.5 Å². The Balaban J connectivity index is 1.49. The Hall–Kier alpha value is -2.57. The van der Waals surface area contributed by atoms with Crippen LogP contribution in [-0.4, -0.2) is 58.4 Å². The maximum absolute atomic E-state index is 5.67. The molecule has 0 radical (unpaired) electrons. The lowest BCUT2D eigenvalue weighted by Crippen LogP contribution is -2.40. The van der Waals surface area contributed by atoms with Gasteiger partial charge in [-0.3, -0.25) is 9.67 Å². The van der Waals surface area contributed by atoms with Crippen molar-refractivity contribution < 1.29 is 4.74 Å². The fourth-order valence-corrected chi connectivity index (χ4v) is 3.28. The van der Waals surface area contributed by atoms with E-state index < -0.39 is 0 Å². The molecule has 1 saturated heterocycles. The largest absolute Gasteiger partial charge is 0.490 e. The lowest BCUT2D eigenvalue weighted by molar-refractivity contribution is 0.326. The highest BCUT2D eigenvalue weighted by Crippen LogP contribution is 2.20. The first-order valence-electron chi connectivity index (χ1n) is 9.28. The molecule has 1 unspecified atom stereocenters. The molecule has 0 amide bonds. The van der Waals surface area contributed by atoms with Crippen molar-refractivity contribution in [2.75, 3.05) is 32.8 Å². The van der Waals surface area contributed by atoms with E-state index in [1.54, 1.807) is 12.4 Å². The predicted molar refractivity (Wildman–Crippen MR) is 102 cm³/mol. The highest BCUT2D eigenvalue weighted by molar-refractivity contribution is 5.80. The molecule has 2 aromatic heterocycles. The van der Waals surface area contributed by atoms with Gasteiger partial charge >= 0.3 is 0 Å². The Morgan fingerprint density at radius 1 is 1.42 bits per heavy atom. The van der Waals surface area contributed by atoms with E-state index >= 15 is 0 Å². The predicted octanol–water partition coefficient (Wildman–Crippen LogP) is 1.72. The molecular formula is C19H28N6O. The molecule has 0 bridgehead atoms. The van der Waals surface area contributed by atoms with Gasteiger partial charge in [-0.05, 0) is 43.4 Å². The average Bonchev–Trinajstić information content (AvgIpc) is 3.28. The molecule has 1 atom stereocenters. The first-order valence-corrected chi connectivity index (χ1v) is 9.28. The third-order valence-electron chi connectivity index (χ3n) is 4.46. The Labute approximate surface area is 155 Å². The maximum atomic E-state index is 5.67. The van der Waals surface area contributed by atoms with Gasteiger partial charge in [-0.2, -0.15) is 5.10 Å². The molecule has 0 saturated carbocycles. The molecule has 1 N–H and O–H groups in total. The van der Waals surface area contributed by atoms with Crippen LogP contribution in [0.15, 0.2) is 41.9 Å². The Kier molecular flexibility index (Phi) is 6.46. The summed E-state index contributed by atoms with van der Waals surface area (Å²) in [6.45, 7) is 6.22. The number of hydrogen-bond donors (Lipinski definition) is 1. The first kappa shape index (κ1) is 18.2. The summed E-state index contributed by atoms with van der Waals surface area (Å²) >= 11 is 0. The molecule has 1 aliphatic heterocycles. The fraction of sp³-hybridized carbons (Fsp3) is 0.526. The maximum Gasteiger partial charge on any atom is 0.194 e. The summed E-state index contributed by atoms with van der Waals surface area (Å²) < 4.78 is 7.55. The smallest absolute Gasteiger partial charge is 0.194 e. The number of guanidine groups is 1. The second kappa shape index (κ2) is 9.22. The second-order valence-corrected chi connectivity index (χ2v) is 6.60. The van der Waals surface area contributed by atoms with Gasteiger partial charge in [0.1, 0.15) is 12.4 Å². The van der Waals surface area contributed by atoms with E-state index in [9.17, 15) is 0 Å². The number of rotatable bonds is 7. The molecule has 1 fully saturated rings. The minimum absolute atomic E-state index is 0.549. The highest BCUT2D eigenvalue weighted by Gasteiger charge is 2.25. The number of aliphatic imine (C=N–C) groups is 1. The topological polar surface area (TPSA) is 67.6 Å². The second-order valence-electron chi connectivity index (χ2n) is 6.60. The molecule has 7 heteroatoms. The standard InChI is InChI=1S/C19H28N6O/c1-3-21-19(22-8-10-26-18-5-4-7-20-13-18)25-9-6-16(15-25)11-17-12-23-24(2)14-17/h4-5,7,12-14,16H,3,6,8-11,15H2,1-2H3,(H,21,22). The zero-order valence-corrected chi connectivity index (χ0v) is 15.6. The van der Waals surface area contributed by atoms with Crippen molar-refractivity contribution in [3.63, 3.8) is 0 Å². The summed E-state index contributed by atoms with van der Waals surface area (Å²) in [5.74, 6) is 2.41. The van der Waals surface area contributed by atoms with Gasteiger partial charge in [0.15, 0.2) is 5.96 Å². The van der Waals surface area contributed by atoms with Crippen LogP contribution in [0.3, 0.4) is 0 Å². The minimum Gasteiger partial charge on any atom is -0.490 e. The monoisotopic (exact) mass is 356 g/mol. The van der Waals surface area contributed by atoms with E-state index in [0.717, 1.165) is 37.8 Å². The van der Waals surface area contributed by atoms with Crippen molar-refractivity contribution in [1.82, 2.24) is 25.0 Å². The van der Waals surface area contributed by atoms with Gasteiger partial charge in [0, 0.05) is 39.1 Å². The van der Waals surface area contributed by atoms with Gasteiger partial charge in [0.2, 0.25) is 0 Å². The quantitative estimate of drug-likeness (QED) is 0.465. The van der Waals surface area contributed by atoms with E-state index in [0.29, 0.717) is 19.1 Å². The van der Waals surface area contributed by atoms with Crippen LogP contribution in [0.1, 0.15) is 18.9 Å². The number of nitrogens with zero attached hydrogens (tertiary/aromatic N) is 5. The molecule has 0 aliphatic carbocycles. The molecular weight excluding hydrogens is 328 g/mol. The summed E-state index contributed by atoms with van der Waals surface area (Å²) in [6.07, 6.45) is 9.80. The summed E-state index contributed by atoms with van der Waals surface area (Å²) in [5.41, 5.74) is 1.31. The number of likely N-dealkylation sites (tertiary alicyclic amines) is 1. The number of ether oxygens (including phenoxy) is 1. The summed E-state index contributed by atoms with van der Waals surface area (Å²) in [5, 5.41) is 7.67. The Morgan fingerprint density at radius 3 is 3.08 bits per heavy atom. The van der Waals surface area contributed by atoms with Crippen molar-refractivity contribution in [2.45, 2.75) is 19.8 Å². The zero-order valence-electron chi connectivity index (χ0n) is 15.6. The van der Waals surface area contributed by atoms with Crippen LogP contribution in [0.2, 0.25) is 0 Å². The highest BCUT2D eigenvalue weighted by atomic mass is 16.5. The van der Waals surface area contributed by atoms with Gasteiger partial charge in [-0.1, -0.05) is 0 Å². The van der Waals surface area contributed by atoms with Crippen molar-refractivity contribution in [3.8, 4) is 5.75 Å². The Morgan fingerprint density at radius 2 is 2.35 bits per heavy atom. The minimum atomic E-state index is 0.549. The van der Waals surface area contributed by atoms with E-state index in [-0.39, 0.29) is 0 Å². The third-order valence-corrected chi connectivity index (χ3v) is 4.46. The van der Waals surface area contributed by atoms with Gasteiger partial charge in [-0.25, -0.2) is 4.99 Å². The SMILES string of the molecule is CCNC(=NCCOc1cccnc1)N1CCC(Cc2cnn(C)c2)C1. The van der Waals surface area contributed by atoms with Crippen LogP contribution < -0.4 is 10.1 Å². The van der Waals surface area contributed by atoms with Crippen LogP contribution in [0.4, 0.5) is 0 Å². The van der Waals surface area contributed by atoms with Crippen LogP contribution in [0.5, 0.6) is 5.75 Å². The van der Waals surface area contributed by atoms with Gasteiger partial charge in [-0.15, -0.1) is 0 Å². The lowest BCUT2D eigenvalue weighted by atomic mass is 10.0. The molecule has 140 valence electrons. The molecule has 1 aliphatic rings. The molecule has 7 nitrogen and oxygen atoms in total. The van der Waals surface area contributed by atoms with E-state index in [1.807, 2.05) is 30.1 Å². The number of hydrogen-bond acceptors (Lipinski definition) is 4. The fourth-order valence-electron chi connectivity index (χ4n) is 3.28. The van der Waals surface area contributed by atoms with E-state index in [4.69, 9.17) is 9.73 Å². The van der Waals surface area contributed by atoms with E-state index in [2.05, 4.69) is 33.4 Å². The first-order chi connectivity index (χ1) is 12.7. The average molecular weight is 356 g/mol. The normalized spacial score (nSPS) is 17.5. The summed E-state index contributed by atoms with van der Waals surface area (Å²) in [4.78, 5) is 11.1. The molecule has 26 heavy (non-hydrogen) atoms. The van der Waals surface area contributed by atoms with Crippen LogP contribution in [-0.2, 0) is 13.5 Å². The third kappa shape index (κ3) is 5.21. The molecule has 2 aromatic rings. The molecule has 3 rings (SSSR count). The molecule has 3 heterocycles. The Bertz CT molecular complexity index is 699. The van der Waals surface area contributed by atoms with Gasteiger partial charge in [0.25, 0.3) is 0 Å². The van der Waals surface area contributed by atoms with Crippen LogP contribution in [0.25, 0.3) is 0 Å². The number of nitrogens with one attached hydrogen (secondary N) is 1. The molecule has 0 aromatic carbocycles. The van der Waals surface area contributed by atoms with Crippen LogP contribution in [0, 0.1) is 5.92 Å². The van der Waals surface area contributed by atoms with Gasteiger partial charge < -0.3 is 15.0 Å². The summed E-state index contributed by atoms with van der Waals surface area (Å²) in [6, 6.07) is 3.78. The van der Waals surface area contributed by atoms with Crippen LogP contribution >= 0.6 is 0 Å². The number of pyridine rings is 1.